The molecule has 0 aliphatic rings. The van der Waals surface area contributed by atoms with Crippen LogP contribution in [-0.4, -0.2) is 43.4 Å². The highest BCUT2D eigenvalue weighted by Crippen LogP contribution is 2.33. The standard InChI is InChI=1S/C32H36N6O2/c1-4-7-10-23-15-18-28(32(39-5-2)40-6-3)29(21-23)31-33-19-20-38(31)22-24-13-16-25(17-14-24)26-11-8-9-12-27(26)30-34-36-37-35-30/h8-9,11-21,32H,4-7,10,22H2,1-3H3,(H,34,35,36,37). The van der Waals surface area contributed by atoms with Gasteiger partial charge in [0.15, 0.2) is 6.29 Å². The maximum atomic E-state index is 6.00. The Kier molecular flexibility index (Phi) is 9.11. The van der Waals surface area contributed by atoms with Crippen LogP contribution in [0.25, 0.3) is 33.9 Å². The first-order valence-electron chi connectivity index (χ1n) is 14.0. The van der Waals surface area contributed by atoms with Gasteiger partial charge in [0, 0.05) is 48.8 Å². The van der Waals surface area contributed by atoms with Crippen molar-refractivity contribution in [1.29, 1.82) is 0 Å². The largest absolute Gasteiger partial charge is 0.349 e. The van der Waals surface area contributed by atoms with Gasteiger partial charge in [-0.1, -0.05) is 74.0 Å². The zero-order valence-electron chi connectivity index (χ0n) is 23.4. The number of rotatable bonds is 13. The zero-order valence-corrected chi connectivity index (χ0v) is 23.4. The normalized spacial score (nSPS) is 11.4. The Morgan fingerprint density at radius 1 is 0.850 bits per heavy atom. The third kappa shape index (κ3) is 6.19. The third-order valence-corrected chi connectivity index (χ3v) is 6.91. The Labute approximate surface area is 235 Å². The van der Waals surface area contributed by atoms with Gasteiger partial charge in [-0.15, -0.1) is 10.2 Å². The van der Waals surface area contributed by atoms with Crippen molar-refractivity contribution in [3.05, 3.63) is 95.8 Å². The van der Waals surface area contributed by atoms with Crippen LogP contribution in [0.15, 0.2) is 79.1 Å². The number of hydrogen-bond donors (Lipinski definition) is 1. The first kappa shape index (κ1) is 27.4. The third-order valence-electron chi connectivity index (χ3n) is 6.91. The van der Waals surface area contributed by atoms with Gasteiger partial charge in [0.2, 0.25) is 5.82 Å². The topological polar surface area (TPSA) is 90.7 Å². The van der Waals surface area contributed by atoms with Gasteiger partial charge in [0.05, 0.1) is 0 Å². The number of benzene rings is 3. The molecule has 0 spiro atoms. The average molecular weight is 537 g/mol. The molecular weight excluding hydrogens is 500 g/mol. The van der Waals surface area contributed by atoms with Crippen molar-refractivity contribution in [3.63, 3.8) is 0 Å². The molecule has 206 valence electrons. The molecular formula is C32H36N6O2. The van der Waals surface area contributed by atoms with Gasteiger partial charge in [-0.25, -0.2) is 4.98 Å². The van der Waals surface area contributed by atoms with Crippen LogP contribution in [-0.2, 0) is 22.4 Å². The summed E-state index contributed by atoms with van der Waals surface area (Å²) in [6.07, 6.45) is 6.80. The van der Waals surface area contributed by atoms with E-state index >= 15 is 0 Å². The summed E-state index contributed by atoms with van der Waals surface area (Å²) in [6.45, 7) is 8.03. The van der Waals surface area contributed by atoms with Crippen LogP contribution in [0.5, 0.6) is 0 Å². The molecule has 0 aliphatic heterocycles. The van der Waals surface area contributed by atoms with Gasteiger partial charge in [-0.2, -0.15) is 5.21 Å². The fourth-order valence-electron chi connectivity index (χ4n) is 4.94. The second-order valence-corrected chi connectivity index (χ2v) is 9.62. The summed E-state index contributed by atoms with van der Waals surface area (Å²) in [7, 11) is 0. The zero-order chi connectivity index (χ0) is 27.7. The number of imidazole rings is 1. The van der Waals surface area contributed by atoms with E-state index in [9.17, 15) is 0 Å². The van der Waals surface area contributed by atoms with Gasteiger partial charge < -0.3 is 14.0 Å². The van der Waals surface area contributed by atoms with Crippen molar-refractivity contribution < 1.29 is 9.47 Å². The van der Waals surface area contributed by atoms with Crippen LogP contribution in [0.2, 0.25) is 0 Å². The molecule has 0 saturated carbocycles. The smallest absolute Gasteiger partial charge is 0.205 e. The number of unbranched alkanes of at least 4 members (excludes halogenated alkanes) is 1. The lowest BCUT2D eigenvalue weighted by Crippen LogP contribution is -2.12. The van der Waals surface area contributed by atoms with Crippen molar-refractivity contribution in [2.24, 2.45) is 0 Å². The lowest BCUT2D eigenvalue weighted by molar-refractivity contribution is -0.140. The Hall–Kier alpha value is -4.14. The summed E-state index contributed by atoms with van der Waals surface area (Å²) in [4.78, 5) is 4.80. The molecule has 0 amide bonds. The fourth-order valence-corrected chi connectivity index (χ4v) is 4.94. The molecule has 2 aromatic heterocycles. The van der Waals surface area contributed by atoms with Crippen LogP contribution in [0.4, 0.5) is 0 Å². The van der Waals surface area contributed by atoms with E-state index in [1.807, 2.05) is 44.4 Å². The molecule has 0 saturated heterocycles. The van der Waals surface area contributed by atoms with Crippen LogP contribution in [0.3, 0.4) is 0 Å². The lowest BCUT2D eigenvalue weighted by Gasteiger charge is -2.21. The van der Waals surface area contributed by atoms with Gasteiger partial charge in [0.25, 0.3) is 0 Å². The molecule has 0 radical (unpaired) electrons. The lowest BCUT2D eigenvalue weighted by atomic mass is 9.98. The highest BCUT2D eigenvalue weighted by atomic mass is 16.7. The van der Waals surface area contributed by atoms with Crippen molar-refractivity contribution >= 4 is 0 Å². The number of nitrogens with zero attached hydrogens (tertiary/aromatic N) is 5. The van der Waals surface area contributed by atoms with Crippen LogP contribution >= 0.6 is 0 Å². The Bertz CT molecular complexity index is 1490. The van der Waals surface area contributed by atoms with Crippen molar-refractivity contribution in [2.45, 2.75) is 52.9 Å². The number of hydrogen-bond acceptors (Lipinski definition) is 6. The Balaban J connectivity index is 1.45. The first-order chi connectivity index (χ1) is 19.7. The van der Waals surface area contributed by atoms with E-state index in [0.29, 0.717) is 25.6 Å². The molecule has 3 aromatic carbocycles. The van der Waals surface area contributed by atoms with Gasteiger partial charge in [-0.3, -0.25) is 0 Å². The predicted octanol–water partition coefficient (Wildman–Crippen LogP) is 6.86. The van der Waals surface area contributed by atoms with Crippen molar-refractivity contribution in [1.82, 2.24) is 30.2 Å². The summed E-state index contributed by atoms with van der Waals surface area (Å²) >= 11 is 0. The molecule has 0 bridgehead atoms. The van der Waals surface area contributed by atoms with Gasteiger partial charge >= 0.3 is 0 Å². The van der Waals surface area contributed by atoms with Crippen molar-refractivity contribution in [3.8, 4) is 33.9 Å². The van der Waals surface area contributed by atoms with E-state index in [-0.39, 0.29) is 0 Å². The first-order valence-corrected chi connectivity index (χ1v) is 14.0. The van der Waals surface area contributed by atoms with Crippen LogP contribution in [0, 0.1) is 0 Å². The number of H-pyrrole nitrogens is 1. The molecule has 40 heavy (non-hydrogen) atoms. The maximum absolute atomic E-state index is 6.00. The van der Waals surface area contributed by atoms with Crippen LogP contribution < -0.4 is 0 Å². The van der Waals surface area contributed by atoms with E-state index < -0.39 is 6.29 Å². The Morgan fingerprint density at radius 3 is 2.30 bits per heavy atom. The molecule has 8 heteroatoms. The minimum Gasteiger partial charge on any atom is -0.349 e. The molecule has 5 rings (SSSR count). The van der Waals surface area contributed by atoms with E-state index in [2.05, 4.69) is 80.6 Å². The number of tetrazole rings is 1. The average Bonchev–Trinajstić information content (AvgIpc) is 3.69. The number of ether oxygens (including phenoxy) is 2. The number of aryl methyl sites for hydroxylation is 1. The number of aromatic nitrogens is 6. The monoisotopic (exact) mass is 536 g/mol. The predicted molar refractivity (Wildman–Crippen MR) is 156 cm³/mol. The summed E-state index contributed by atoms with van der Waals surface area (Å²) in [5.74, 6) is 1.49. The van der Waals surface area contributed by atoms with E-state index in [1.165, 1.54) is 11.1 Å². The van der Waals surface area contributed by atoms with E-state index in [4.69, 9.17) is 14.5 Å². The van der Waals surface area contributed by atoms with Crippen molar-refractivity contribution in [2.75, 3.05) is 13.2 Å². The highest BCUT2D eigenvalue weighted by molar-refractivity contribution is 5.80. The molecule has 8 nitrogen and oxygen atoms in total. The summed E-state index contributed by atoms with van der Waals surface area (Å²) in [5, 5.41) is 14.6. The highest BCUT2D eigenvalue weighted by Gasteiger charge is 2.20. The van der Waals surface area contributed by atoms with Gasteiger partial charge in [0.1, 0.15) is 5.82 Å². The second-order valence-electron chi connectivity index (χ2n) is 9.62. The van der Waals surface area contributed by atoms with Gasteiger partial charge in [-0.05, 0) is 60.2 Å². The molecule has 2 heterocycles. The molecule has 0 atom stereocenters. The fraction of sp³-hybridized carbons (Fsp3) is 0.312. The summed E-state index contributed by atoms with van der Waals surface area (Å²) in [6, 6.07) is 23.3. The second kappa shape index (κ2) is 13.3. The van der Waals surface area contributed by atoms with Crippen LogP contribution in [0.1, 0.15) is 56.6 Å². The van der Waals surface area contributed by atoms with E-state index in [0.717, 1.165) is 52.9 Å². The summed E-state index contributed by atoms with van der Waals surface area (Å²) in [5.41, 5.74) is 7.62. The molecule has 0 unspecified atom stereocenters. The van der Waals surface area contributed by atoms with E-state index in [1.54, 1.807) is 0 Å². The summed E-state index contributed by atoms with van der Waals surface area (Å²) < 4.78 is 14.2. The molecule has 1 N–H and O–H groups in total. The molecule has 0 fully saturated rings. The minimum absolute atomic E-state index is 0.436. The number of aromatic amines is 1. The minimum atomic E-state index is -0.436. The SMILES string of the molecule is CCCCc1ccc(C(OCC)OCC)c(-c2nccn2Cc2ccc(-c3ccccc3-c3nn[nH]n3)cc2)c1. The maximum Gasteiger partial charge on any atom is 0.205 e. The Morgan fingerprint density at radius 2 is 1.60 bits per heavy atom. The number of nitrogens with one attached hydrogen (secondary N) is 1. The quantitative estimate of drug-likeness (QED) is 0.165. The molecule has 0 aliphatic carbocycles. The molecule has 5 aromatic rings.